The number of aliphatic hydroxyl groups is 1. The monoisotopic (exact) mass is 546 g/mol. The lowest BCUT2D eigenvalue weighted by atomic mass is 9.70. The number of hydrogen-bond donors (Lipinski definition) is 2. The van der Waals surface area contributed by atoms with Crippen LogP contribution in [0.25, 0.3) is 0 Å². The van der Waals surface area contributed by atoms with E-state index >= 15 is 0 Å². The van der Waals surface area contributed by atoms with Crippen LogP contribution in [-0.4, -0.2) is 17.3 Å². The summed E-state index contributed by atoms with van der Waals surface area (Å²) >= 11 is 0. The van der Waals surface area contributed by atoms with Gasteiger partial charge in [0.2, 0.25) is 0 Å². The fourth-order valence-electron chi connectivity index (χ4n) is 5.44. The highest BCUT2D eigenvalue weighted by molar-refractivity contribution is 5.24. The van der Waals surface area contributed by atoms with Crippen molar-refractivity contribution < 1.29 is 5.11 Å². The first-order valence-electron chi connectivity index (χ1n) is 17.2. The minimum absolute atomic E-state index is 0.181. The van der Waals surface area contributed by atoms with E-state index < -0.39 is 0 Å². The largest absolute Gasteiger partial charge is 0.394 e. The minimum Gasteiger partial charge on any atom is -0.394 e. The zero-order chi connectivity index (χ0) is 29.2. The second kappa shape index (κ2) is 26.1. The fourth-order valence-corrected chi connectivity index (χ4v) is 5.44. The van der Waals surface area contributed by atoms with Gasteiger partial charge in [0.05, 0.1) is 6.61 Å². The second-order valence-electron chi connectivity index (χ2n) is 12.9. The molecule has 2 saturated carbocycles. The van der Waals surface area contributed by atoms with Crippen molar-refractivity contribution in [3.63, 3.8) is 0 Å². The Morgan fingerprint density at radius 1 is 0.795 bits per heavy atom. The van der Waals surface area contributed by atoms with E-state index in [1.807, 2.05) is 0 Å². The highest BCUT2D eigenvalue weighted by Gasteiger charge is 2.34. The van der Waals surface area contributed by atoms with Crippen molar-refractivity contribution in [2.75, 3.05) is 6.61 Å². The molecule has 0 aromatic heterocycles. The molecule has 2 aliphatic rings. The number of hydrogen-bond acceptors (Lipinski definition) is 2. The Morgan fingerprint density at radius 2 is 1.23 bits per heavy atom. The lowest BCUT2D eigenvalue weighted by Gasteiger charge is -2.40. The summed E-state index contributed by atoms with van der Waals surface area (Å²) in [5, 5.41) is 9.40. The summed E-state index contributed by atoms with van der Waals surface area (Å²) < 4.78 is 0. The number of rotatable bonds is 19. The van der Waals surface area contributed by atoms with Gasteiger partial charge < -0.3 is 10.8 Å². The van der Waals surface area contributed by atoms with Gasteiger partial charge in [0.15, 0.2) is 0 Å². The maximum atomic E-state index is 9.40. The van der Waals surface area contributed by atoms with Crippen molar-refractivity contribution in [2.24, 2.45) is 23.5 Å². The van der Waals surface area contributed by atoms with Gasteiger partial charge in [-0.1, -0.05) is 174 Å². The molecule has 0 unspecified atom stereocenters. The van der Waals surface area contributed by atoms with E-state index in [-0.39, 0.29) is 12.1 Å². The standard InChI is InChI=1S/C13H28.C12H23NO.C12H20/c1-3-5-7-9-11-13-12-10-8-6-4-2;13-12(9-14,7-10-3-1-4-10)8-11-5-2-6-11;1-5-7-8-10-12(9-6-2)11(3)4/h3-13H2,1-2H3;10-11,14H,1-9,13H2;6-11H,5H2,1-4H3/b;;8-7+,9-6-,12-10+. The molecule has 0 aliphatic heterocycles. The zero-order valence-corrected chi connectivity index (χ0v) is 27.5. The van der Waals surface area contributed by atoms with Crippen molar-refractivity contribution in [1.29, 1.82) is 0 Å². The average Bonchev–Trinajstić information content (AvgIpc) is 2.88. The second-order valence-corrected chi connectivity index (χ2v) is 12.9. The summed E-state index contributed by atoms with van der Waals surface area (Å²) in [5.41, 5.74) is 7.41. The minimum atomic E-state index is -0.254. The third-order valence-electron chi connectivity index (χ3n) is 8.55. The van der Waals surface area contributed by atoms with Gasteiger partial charge in [-0.05, 0) is 49.5 Å². The van der Waals surface area contributed by atoms with Gasteiger partial charge in [-0.25, -0.2) is 0 Å². The normalized spacial score (nSPS) is 16.6. The average molecular weight is 546 g/mol. The summed E-state index contributed by atoms with van der Waals surface area (Å²) in [6, 6.07) is 0. The lowest BCUT2D eigenvalue weighted by Crippen LogP contribution is -2.48. The predicted octanol–water partition coefficient (Wildman–Crippen LogP) is 11.5. The van der Waals surface area contributed by atoms with Crippen molar-refractivity contribution in [2.45, 2.75) is 175 Å². The van der Waals surface area contributed by atoms with Gasteiger partial charge in [-0.3, -0.25) is 0 Å². The van der Waals surface area contributed by atoms with Gasteiger partial charge in [-0.15, -0.1) is 0 Å². The van der Waals surface area contributed by atoms with E-state index in [0.717, 1.165) is 31.1 Å². The van der Waals surface area contributed by atoms with Gasteiger partial charge in [0, 0.05) is 5.54 Å². The van der Waals surface area contributed by atoms with Crippen molar-refractivity contribution in [1.82, 2.24) is 0 Å². The van der Waals surface area contributed by atoms with E-state index in [1.165, 1.54) is 115 Å². The van der Waals surface area contributed by atoms with E-state index in [9.17, 15) is 5.11 Å². The number of aliphatic hydroxyl groups excluding tert-OH is 1. The lowest BCUT2D eigenvalue weighted by molar-refractivity contribution is 0.103. The third-order valence-corrected chi connectivity index (χ3v) is 8.55. The van der Waals surface area contributed by atoms with Gasteiger partial charge in [0.1, 0.15) is 0 Å². The van der Waals surface area contributed by atoms with Gasteiger partial charge in [-0.2, -0.15) is 0 Å². The van der Waals surface area contributed by atoms with Crippen LogP contribution >= 0.6 is 0 Å². The Labute approximate surface area is 246 Å². The summed E-state index contributed by atoms with van der Waals surface area (Å²) in [7, 11) is 0. The topological polar surface area (TPSA) is 46.2 Å². The molecule has 2 fully saturated rings. The van der Waals surface area contributed by atoms with E-state index in [1.54, 1.807) is 0 Å². The molecular weight excluding hydrogens is 474 g/mol. The number of unbranched alkanes of at least 4 members (excludes halogenated alkanes) is 10. The molecule has 2 nitrogen and oxygen atoms in total. The number of nitrogens with two attached hydrogens (primary N) is 1. The van der Waals surface area contributed by atoms with E-state index in [0.29, 0.717) is 5.92 Å². The van der Waals surface area contributed by atoms with Crippen LogP contribution in [0.4, 0.5) is 0 Å². The molecule has 0 spiro atoms. The fraction of sp³-hybridized carbons (Fsp3) is 0.838. The summed E-state index contributed by atoms with van der Waals surface area (Å²) in [6.45, 7) is 13.4. The Kier molecular flexibility index (Phi) is 25.5. The molecule has 39 heavy (non-hydrogen) atoms. The Hall–Kier alpha value is -0.860. The third kappa shape index (κ3) is 21.5. The molecule has 0 bridgehead atoms. The molecule has 2 heteroatoms. The smallest absolute Gasteiger partial charge is 0.0611 e. The first kappa shape index (κ1) is 38.1. The van der Waals surface area contributed by atoms with Gasteiger partial charge >= 0.3 is 0 Å². The van der Waals surface area contributed by atoms with Crippen molar-refractivity contribution in [3.05, 3.63) is 36.0 Å². The molecule has 0 aromatic carbocycles. The highest BCUT2D eigenvalue weighted by Crippen LogP contribution is 2.39. The molecule has 0 amide bonds. The number of allylic oxidation sites excluding steroid dienone is 6. The van der Waals surface area contributed by atoms with E-state index in [4.69, 9.17) is 5.73 Å². The molecule has 2 rings (SSSR count). The molecule has 0 radical (unpaired) electrons. The molecule has 3 N–H and O–H groups in total. The van der Waals surface area contributed by atoms with Crippen LogP contribution in [0.3, 0.4) is 0 Å². The molecule has 0 atom stereocenters. The van der Waals surface area contributed by atoms with Crippen LogP contribution < -0.4 is 5.73 Å². The van der Waals surface area contributed by atoms with Crippen LogP contribution in [0.1, 0.15) is 170 Å². The Bertz CT molecular complexity index is 583. The molecular formula is C37H71NO. The van der Waals surface area contributed by atoms with E-state index in [2.05, 4.69) is 71.9 Å². The molecule has 0 saturated heterocycles. The maximum absolute atomic E-state index is 9.40. The Morgan fingerprint density at radius 3 is 1.51 bits per heavy atom. The van der Waals surface area contributed by atoms with Crippen molar-refractivity contribution >= 4 is 0 Å². The summed E-state index contributed by atoms with van der Waals surface area (Å²) in [5.74, 6) is 2.24. The zero-order valence-electron chi connectivity index (χ0n) is 27.5. The molecule has 2 aliphatic carbocycles. The van der Waals surface area contributed by atoms with Crippen LogP contribution in [-0.2, 0) is 0 Å². The molecule has 230 valence electrons. The Balaban J connectivity index is 0.000000558. The summed E-state index contributed by atoms with van der Waals surface area (Å²) in [6.07, 6.45) is 38.0. The first-order valence-corrected chi connectivity index (χ1v) is 17.2. The molecule has 0 aromatic rings. The van der Waals surface area contributed by atoms with Crippen LogP contribution in [0, 0.1) is 17.8 Å². The quantitative estimate of drug-likeness (QED) is 0.125. The summed E-state index contributed by atoms with van der Waals surface area (Å²) in [4.78, 5) is 0. The molecule has 0 heterocycles. The maximum Gasteiger partial charge on any atom is 0.0611 e. The van der Waals surface area contributed by atoms with Crippen LogP contribution in [0.15, 0.2) is 36.0 Å². The van der Waals surface area contributed by atoms with Gasteiger partial charge in [0.25, 0.3) is 0 Å². The highest BCUT2D eigenvalue weighted by atomic mass is 16.3. The first-order chi connectivity index (χ1) is 18.9. The van der Waals surface area contributed by atoms with Crippen molar-refractivity contribution in [3.8, 4) is 0 Å². The van der Waals surface area contributed by atoms with Crippen LogP contribution in [0.2, 0.25) is 0 Å². The predicted molar refractivity (Wildman–Crippen MR) is 177 cm³/mol. The van der Waals surface area contributed by atoms with Crippen LogP contribution in [0.5, 0.6) is 0 Å². The SMILES string of the molecule is CCCCCCCCCCCCC.C\C=C/C(=C\C=C\CC)C(C)C.NC(CO)(CC1CCC1)CC1CCC1.